The molecule has 1 aliphatic carbocycles. The van der Waals surface area contributed by atoms with Crippen LogP contribution in [0.5, 0.6) is 0 Å². The molecule has 1 saturated carbocycles. The van der Waals surface area contributed by atoms with E-state index in [1.165, 1.54) is 19.3 Å². The number of rotatable bonds is 4. The van der Waals surface area contributed by atoms with Gasteiger partial charge in [0.1, 0.15) is 0 Å². The van der Waals surface area contributed by atoms with Gasteiger partial charge in [-0.25, -0.2) is 0 Å². The third-order valence-electron chi connectivity index (χ3n) is 4.43. The largest absolute Gasteiger partial charge is 0.355 e. The Morgan fingerprint density at radius 3 is 2.68 bits per heavy atom. The first-order valence-corrected chi connectivity index (χ1v) is 7.54. The number of carbonyl (C=O) groups is 2. The average Bonchev–Trinajstić information content (AvgIpc) is 3.18. The Morgan fingerprint density at radius 2 is 2.11 bits per heavy atom. The molecule has 0 bridgehead atoms. The van der Waals surface area contributed by atoms with Crippen LogP contribution in [0.3, 0.4) is 0 Å². The number of nitrogens with zero attached hydrogens (tertiary/aromatic N) is 1. The van der Waals surface area contributed by atoms with Crippen LogP contribution in [0.15, 0.2) is 0 Å². The smallest absolute Gasteiger partial charge is 0.228 e. The molecular weight excluding hydrogens is 242 g/mol. The Labute approximate surface area is 114 Å². The van der Waals surface area contributed by atoms with Gasteiger partial charge >= 0.3 is 0 Å². The zero-order valence-electron chi connectivity index (χ0n) is 11.4. The quantitative estimate of drug-likeness (QED) is 0.766. The number of piperidine rings is 1. The molecule has 0 spiro atoms. The van der Waals surface area contributed by atoms with E-state index in [1.54, 1.807) is 0 Å². The first kappa shape index (κ1) is 12.9. The monoisotopic (exact) mass is 265 g/mol. The van der Waals surface area contributed by atoms with E-state index in [4.69, 9.17) is 0 Å². The van der Waals surface area contributed by atoms with Gasteiger partial charge in [0.05, 0.1) is 5.92 Å². The molecule has 2 unspecified atom stereocenters. The molecule has 0 aromatic carbocycles. The second kappa shape index (κ2) is 5.49. The average molecular weight is 265 g/mol. The summed E-state index contributed by atoms with van der Waals surface area (Å²) in [6.07, 6.45) is 6.31. The number of amides is 2. The minimum Gasteiger partial charge on any atom is -0.355 e. The normalized spacial score (nSPS) is 31.1. The summed E-state index contributed by atoms with van der Waals surface area (Å²) in [6, 6.07) is 0.885. The summed E-state index contributed by atoms with van der Waals surface area (Å²) >= 11 is 0. The van der Waals surface area contributed by atoms with Crippen molar-refractivity contribution in [1.82, 2.24) is 15.5 Å². The van der Waals surface area contributed by atoms with Crippen molar-refractivity contribution in [3.05, 3.63) is 0 Å². The first-order valence-electron chi connectivity index (χ1n) is 7.54. The fraction of sp³-hybridized carbons (Fsp3) is 0.857. The molecule has 2 saturated heterocycles. The van der Waals surface area contributed by atoms with Gasteiger partial charge in [-0.2, -0.15) is 0 Å². The van der Waals surface area contributed by atoms with Crippen molar-refractivity contribution < 1.29 is 9.59 Å². The summed E-state index contributed by atoms with van der Waals surface area (Å²) in [5, 5.41) is 6.28. The van der Waals surface area contributed by atoms with Gasteiger partial charge < -0.3 is 15.5 Å². The highest BCUT2D eigenvalue weighted by molar-refractivity contribution is 5.89. The van der Waals surface area contributed by atoms with Gasteiger partial charge in [0.25, 0.3) is 0 Å². The van der Waals surface area contributed by atoms with Crippen LogP contribution < -0.4 is 10.6 Å². The molecule has 106 valence electrons. The Kier molecular flexibility index (Phi) is 3.73. The summed E-state index contributed by atoms with van der Waals surface area (Å²) in [5.41, 5.74) is 0. The zero-order valence-corrected chi connectivity index (χ0v) is 11.4. The molecule has 0 aromatic heterocycles. The van der Waals surface area contributed by atoms with Crippen LogP contribution in [0.1, 0.15) is 38.5 Å². The van der Waals surface area contributed by atoms with Crippen LogP contribution in [0, 0.1) is 5.92 Å². The summed E-state index contributed by atoms with van der Waals surface area (Å²) < 4.78 is 0. The van der Waals surface area contributed by atoms with Crippen molar-refractivity contribution in [2.24, 2.45) is 5.92 Å². The van der Waals surface area contributed by atoms with Crippen LogP contribution in [0.4, 0.5) is 0 Å². The van der Waals surface area contributed by atoms with E-state index in [9.17, 15) is 9.59 Å². The second-order valence-electron chi connectivity index (χ2n) is 6.07. The molecule has 3 rings (SSSR count). The highest BCUT2D eigenvalue weighted by Crippen LogP contribution is 2.30. The van der Waals surface area contributed by atoms with E-state index in [-0.39, 0.29) is 17.7 Å². The maximum atomic E-state index is 12.6. The number of hydrogen-bond donors (Lipinski definition) is 2. The van der Waals surface area contributed by atoms with Crippen molar-refractivity contribution in [1.29, 1.82) is 0 Å². The van der Waals surface area contributed by atoms with E-state index < -0.39 is 0 Å². The maximum Gasteiger partial charge on any atom is 0.228 e. The molecule has 3 aliphatic rings. The number of nitrogens with one attached hydrogen (secondary N) is 2. The Balaban J connectivity index is 1.60. The van der Waals surface area contributed by atoms with Crippen molar-refractivity contribution in [3.8, 4) is 0 Å². The minimum absolute atomic E-state index is 0.0184. The van der Waals surface area contributed by atoms with Crippen molar-refractivity contribution >= 4 is 11.8 Å². The summed E-state index contributed by atoms with van der Waals surface area (Å²) in [7, 11) is 0. The summed E-state index contributed by atoms with van der Waals surface area (Å²) in [6.45, 7) is 2.42. The van der Waals surface area contributed by atoms with Gasteiger partial charge in [-0.3, -0.25) is 9.59 Å². The van der Waals surface area contributed by atoms with Crippen LogP contribution >= 0.6 is 0 Å². The van der Waals surface area contributed by atoms with Gasteiger partial charge in [-0.1, -0.05) is 6.42 Å². The predicted molar refractivity (Wildman–Crippen MR) is 71.5 cm³/mol. The maximum absolute atomic E-state index is 12.6. The molecule has 5 heteroatoms. The molecule has 3 fully saturated rings. The summed E-state index contributed by atoms with van der Waals surface area (Å²) in [5.74, 6) is 0.0785. The molecule has 2 N–H and O–H groups in total. The lowest BCUT2D eigenvalue weighted by atomic mass is 10.0. The standard InChI is InChI=1S/C14H23N3O2/c18-13-7-10(8-16-13)14(19)17(12-4-5-12)9-11-3-1-2-6-15-11/h10-12,15H,1-9H2,(H,16,18). The minimum atomic E-state index is -0.128. The second-order valence-corrected chi connectivity index (χ2v) is 6.07. The predicted octanol–water partition coefficient (Wildman–Crippen LogP) is 0.256. The lowest BCUT2D eigenvalue weighted by Crippen LogP contribution is -2.48. The van der Waals surface area contributed by atoms with Crippen LogP contribution in [0.25, 0.3) is 0 Å². The van der Waals surface area contributed by atoms with Gasteiger partial charge in [-0.15, -0.1) is 0 Å². The van der Waals surface area contributed by atoms with E-state index in [1.807, 2.05) is 4.90 Å². The third kappa shape index (κ3) is 3.08. The molecule has 19 heavy (non-hydrogen) atoms. The van der Waals surface area contributed by atoms with E-state index in [2.05, 4.69) is 10.6 Å². The lowest BCUT2D eigenvalue weighted by molar-refractivity contribution is -0.136. The van der Waals surface area contributed by atoms with Crippen LogP contribution in [-0.2, 0) is 9.59 Å². The Morgan fingerprint density at radius 1 is 1.26 bits per heavy atom. The van der Waals surface area contributed by atoms with Crippen molar-refractivity contribution in [3.63, 3.8) is 0 Å². The van der Waals surface area contributed by atoms with E-state index in [0.29, 0.717) is 25.0 Å². The fourth-order valence-corrected chi connectivity index (χ4v) is 3.14. The van der Waals surface area contributed by atoms with Crippen molar-refractivity contribution in [2.75, 3.05) is 19.6 Å². The van der Waals surface area contributed by atoms with E-state index >= 15 is 0 Å². The fourth-order valence-electron chi connectivity index (χ4n) is 3.14. The van der Waals surface area contributed by atoms with Crippen LogP contribution in [0.2, 0.25) is 0 Å². The molecule has 2 heterocycles. The highest BCUT2D eigenvalue weighted by atomic mass is 16.2. The SMILES string of the molecule is O=C1CC(C(=O)N(CC2CCCCN2)C2CC2)CN1. The third-order valence-corrected chi connectivity index (χ3v) is 4.43. The summed E-state index contributed by atoms with van der Waals surface area (Å²) in [4.78, 5) is 25.9. The Hall–Kier alpha value is -1.10. The van der Waals surface area contributed by atoms with Gasteiger partial charge in [0, 0.05) is 31.6 Å². The molecule has 2 aliphatic heterocycles. The molecule has 5 nitrogen and oxygen atoms in total. The van der Waals surface area contributed by atoms with Gasteiger partial charge in [-0.05, 0) is 32.2 Å². The van der Waals surface area contributed by atoms with Gasteiger partial charge in [0.15, 0.2) is 0 Å². The lowest BCUT2D eigenvalue weighted by Gasteiger charge is -2.32. The van der Waals surface area contributed by atoms with E-state index in [0.717, 1.165) is 25.9 Å². The molecule has 0 aromatic rings. The molecule has 0 radical (unpaired) electrons. The first-order chi connectivity index (χ1) is 9.24. The molecular formula is C14H23N3O2. The van der Waals surface area contributed by atoms with Gasteiger partial charge in [0.2, 0.25) is 11.8 Å². The van der Waals surface area contributed by atoms with Crippen molar-refractivity contribution in [2.45, 2.75) is 50.6 Å². The molecule has 2 atom stereocenters. The van der Waals surface area contributed by atoms with Crippen LogP contribution in [-0.4, -0.2) is 48.4 Å². The number of hydrogen-bond acceptors (Lipinski definition) is 3. The number of carbonyl (C=O) groups excluding carboxylic acids is 2. The Bertz CT molecular complexity index is 362. The highest BCUT2D eigenvalue weighted by Gasteiger charge is 2.39. The zero-order chi connectivity index (χ0) is 13.2. The topological polar surface area (TPSA) is 61.4 Å². The molecule has 2 amide bonds.